The number of aryl methyl sites for hydroxylation is 1. The first-order valence-corrected chi connectivity index (χ1v) is 27.2. The second kappa shape index (κ2) is 25.2. The third kappa shape index (κ3) is 13.1. The number of amides is 3. The largest absolute Gasteiger partial charge is 0.458 e. The SMILES string of the molecule is CCC1OC(=O)[C@H](C)C(O[C@H]2C[C@@](C)(OC)[C@@H](O)[C@H](C)O2)[C@H](C)[C@@H](O[C@@H]2O[C@H](C)C[C@H](N(C)C)[C@H]2O)[C@](C)(OC)C[C@@H](C)C(=O)[C@H](C)[C@H]2N(CCCNC(=O)N[C@H]3C[C@H](n4cc(C)c(=O)[nH]c4=O)O[C@@H]3CO)C(=O)O[C@]12C. The van der Waals surface area contributed by atoms with E-state index in [-0.39, 0.29) is 68.7 Å². The number of ether oxygens (including phenoxy) is 9. The maximum atomic E-state index is 15.2. The number of nitrogens with zero attached hydrogens (tertiary/aromatic N) is 3. The molecule has 2 unspecified atom stereocenters. The predicted octanol–water partition coefficient (Wildman–Crippen LogP) is 2.10. The third-order valence-electron chi connectivity index (χ3n) is 17.2. The second-order valence-corrected chi connectivity index (χ2v) is 23.0. The summed E-state index contributed by atoms with van der Waals surface area (Å²) in [6.45, 7) is 18.7. The maximum absolute atomic E-state index is 15.2. The molecular formula is C53H88N6O18. The Bertz CT molecular complexity index is 2340. The fraction of sp³-hybridized carbons (Fsp3) is 0.849. The number of cyclic esters (lactones) is 1. The standard InChI is InChI=1S/C53H88N6O18/c1-16-36-53(11)42(58(50(68)77-53)19-17-18-54-48(66)55-33-21-37(73-35(33)25-60)59-24-27(3)45(64)56-49(59)67)29(5)39(61)26(2)22-52(10,70-15)44(76-47-40(62)34(57(12)13)20-28(4)71-47)30(6)41(31(7)46(65)74-36)75-38-23-51(9,69-14)43(63)32(8)72-38/h24,26,28-38,40-44,47,60,62-63H,16-23,25H2,1-15H3,(H2,54,55,66)(H,56,64,67)/t26-,28-,29+,30+,31-,32+,33+,34+,35-,36?,37-,38+,40-,41?,42-,43+,44-,47+,51-,52-,53-/m1/s1. The average molecular weight is 1100 g/mol. The van der Waals surface area contributed by atoms with E-state index in [4.69, 9.17) is 42.6 Å². The number of ketones is 1. The third-order valence-corrected chi connectivity index (χ3v) is 17.2. The van der Waals surface area contributed by atoms with Gasteiger partial charge in [-0.15, -0.1) is 0 Å². The van der Waals surface area contributed by atoms with Gasteiger partial charge in [-0.1, -0.05) is 27.7 Å². The zero-order chi connectivity index (χ0) is 57.2. The summed E-state index contributed by atoms with van der Waals surface area (Å²) in [4.78, 5) is 87.8. The van der Waals surface area contributed by atoms with E-state index in [1.165, 1.54) is 36.8 Å². The number of aromatic nitrogens is 2. The zero-order valence-electron chi connectivity index (χ0n) is 47.6. The summed E-state index contributed by atoms with van der Waals surface area (Å²) in [5.41, 5.74) is -4.96. The van der Waals surface area contributed by atoms with Gasteiger partial charge in [-0.3, -0.25) is 23.9 Å². The molecule has 0 radical (unpaired) electrons. The highest BCUT2D eigenvalue weighted by molar-refractivity contribution is 5.85. The Hall–Kier alpha value is -4.08. The Morgan fingerprint density at radius 3 is 2.22 bits per heavy atom. The van der Waals surface area contributed by atoms with Gasteiger partial charge in [0.05, 0.1) is 60.2 Å². The summed E-state index contributed by atoms with van der Waals surface area (Å²) in [5.74, 6) is -4.49. The topological polar surface area (TPSA) is 297 Å². The van der Waals surface area contributed by atoms with Crippen molar-refractivity contribution in [2.45, 2.75) is 217 Å². The lowest BCUT2D eigenvalue weighted by atomic mass is 9.73. The summed E-state index contributed by atoms with van der Waals surface area (Å²) in [6, 6.07) is -2.64. The number of rotatable bonds is 15. The first-order valence-electron chi connectivity index (χ1n) is 27.2. The van der Waals surface area contributed by atoms with Gasteiger partial charge < -0.3 is 78.4 Å². The summed E-state index contributed by atoms with van der Waals surface area (Å²) in [7, 11) is 6.73. The van der Waals surface area contributed by atoms with Gasteiger partial charge in [0.15, 0.2) is 18.2 Å². The fourth-order valence-electron chi connectivity index (χ4n) is 12.6. The van der Waals surface area contributed by atoms with Crippen LogP contribution in [-0.2, 0) is 52.2 Å². The van der Waals surface area contributed by atoms with Crippen LogP contribution in [-0.4, -0.2) is 203 Å². The molecule has 24 nitrogen and oxygen atoms in total. The summed E-state index contributed by atoms with van der Waals surface area (Å²) in [6.07, 6.45) is -8.55. The van der Waals surface area contributed by atoms with Gasteiger partial charge in [-0.2, -0.15) is 0 Å². The lowest BCUT2D eigenvalue weighted by molar-refractivity contribution is -0.319. The summed E-state index contributed by atoms with van der Waals surface area (Å²) < 4.78 is 58.6. The Morgan fingerprint density at radius 2 is 1.60 bits per heavy atom. The van der Waals surface area contributed by atoms with E-state index in [9.17, 15) is 39.3 Å². The van der Waals surface area contributed by atoms with E-state index in [2.05, 4.69) is 15.6 Å². The van der Waals surface area contributed by atoms with E-state index >= 15 is 4.79 Å². The number of urea groups is 1. The molecule has 21 atom stereocenters. The monoisotopic (exact) mass is 1100 g/mol. The Balaban J connectivity index is 1.29. The van der Waals surface area contributed by atoms with Crippen molar-refractivity contribution >= 4 is 23.9 Å². The number of hydrogen-bond donors (Lipinski definition) is 6. The molecule has 5 aliphatic rings. The average Bonchev–Trinajstić information content (AvgIpc) is 3.90. The number of likely N-dealkylation sites (N-methyl/N-ethyl adjacent to an activating group) is 1. The van der Waals surface area contributed by atoms with Gasteiger partial charge in [0.25, 0.3) is 5.56 Å². The Morgan fingerprint density at radius 1 is 0.922 bits per heavy atom. The van der Waals surface area contributed by atoms with Gasteiger partial charge in [0, 0.05) is 75.7 Å². The number of Topliss-reactive ketones (excluding diaryl/α,β-unsaturated/α-hetero) is 1. The molecule has 6 heterocycles. The fourth-order valence-corrected chi connectivity index (χ4v) is 12.6. The van der Waals surface area contributed by atoms with Gasteiger partial charge in [0.2, 0.25) is 0 Å². The number of hydrogen-bond acceptors (Lipinski definition) is 19. The van der Waals surface area contributed by atoms with Crippen LogP contribution in [0.5, 0.6) is 0 Å². The van der Waals surface area contributed by atoms with Crippen molar-refractivity contribution in [2.24, 2.45) is 23.7 Å². The molecule has 0 saturated carbocycles. The molecule has 0 aliphatic carbocycles. The van der Waals surface area contributed by atoms with E-state index in [1.807, 2.05) is 32.8 Å². The van der Waals surface area contributed by atoms with Crippen molar-refractivity contribution in [3.05, 3.63) is 32.6 Å². The van der Waals surface area contributed by atoms with Crippen molar-refractivity contribution in [2.75, 3.05) is 48.0 Å². The number of fused-ring (bicyclic) bond motifs is 1. The Labute approximate surface area is 451 Å². The predicted molar refractivity (Wildman–Crippen MR) is 276 cm³/mol. The van der Waals surface area contributed by atoms with Crippen molar-refractivity contribution in [1.29, 1.82) is 0 Å². The number of nitrogens with one attached hydrogen (secondary N) is 3. The molecule has 0 bridgehead atoms. The molecule has 0 spiro atoms. The first-order chi connectivity index (χ1) is 36.1. The molecule has 6 N–H and O–H groups in total. The van der Waals surface area contributed by atoms with Gasteiger partial charge >= 0.3 is 23.8 Å². The minimum absolute atomic E-state index is 0.0125. The lowest BCUT2D eigenvalue weighted by Gasteiger charge is -2.50. The quantitative estimate of drug-likeness (QED) is 0.108. The van der Waals surface area contributed by atoms with Crippen LogP contribution in [0.15, 0.2) is 15.8 Å². The zero-order valence-corrected chi connectivity index (χ0v) is 47.6. The molecular weight excluding hydrogens is 1010 g/mol. The number of aromatic amines is 1. The van der Waals surface area contributed by atoms with Crippen molar-refractivity contribution < 1.29 is 77.1 Å². The number of esters is 1. The van der Waals surface area contributed by atoms with E-state index in [1.54, 1.807) is 55.4 Å². The molecule has 1 aromatic heterocycles. The number of carbonyl (C=O) groups excluding carboxylic acids is 4. The molecule has 438 valence electrons. The molecule has 5 fully saturated rings. The van der Waals surface area contributed by atoms with Crippen molar-refractivity contribution in [3.63, 3.8) is 0 Å². The second-order valence-electron chi connectivity index (χ2n) is 23.0. The minimum atomic E-state index is -1.57. The van der Waals surface area contributed by atoms with Gasteiger partial charge in [0.1, 0.15) is 36.4 Å². The van der Waals surface area contributed by atoms with E-state index in [0.29, 0.717) is 6.42 Å². The van der Waals surface area contributed by atoms with Gasteiger partial charge in [-0.25, -0.2) is 14.4 Å². The number of carbonyl (C=O) groups is 4. The molecule has 6 rings (SSSR count). The van der Waals surface area contributed by atoms with Crippen LogP contribution in [0.2, 0.25) is 0 Å². The van der Waals surface area contributed by atoms with Crippen LogP contribution in [0.4, 0.5) is 9.59 Å². The normalized spacial score (nSPS) is 41.4. The number of methoxy groups -OCH3 is 2. The van der Waals surface area contributed by atoms with E-state index < -0.39 is 150 Å². The molecule has 3 amide bonds. The molecule has 24 heteroatoms. The van der Waals surface area contributed by atoms with Crippen LogP contribution in [0, 0.1) is 30.6 Å². The van der Waals surface area contributed by atoms with Crippen LogP contribution in [0.3, 0.4) is 0 Å². The molecule has 1 aromatic rings. The number of H-pyrrole nitrogens is 1. The number of aliphatic hydroxyl groups excluding tert-OH is 3. The van der Waals surface area contributed by atoms with Crippen LogP contribution in [0.1, 0.15) is 120 Å². The van der Waals surface area contributed by atoms with Gasteiger partial charge in [-0.05, 0) is 88.2 Å². The lowest BCUT2D eigenvalue weighted by Crippen LogP contribution is -2.61. The van der Waals surface area contributed by atoms with Crippen LogP contribution < -0.4 is 21.9 Å². The summed E-state index contributed by atoms with van der Waals surface area (Å²) in [5, 5.41) is 38.7. The number of aliphatic hydroxyl groups is 3. The van der Waals surface area contributed by atoms with Crippen LogP contribution in [0.25, 0.3) is 0 Å². The van der Waals surface area contributed by atoms with E-state index in [0.717, 1.165) is 0 Å². The highest BCUT2D eigenvalue weighted by Crippen LogP contribution is 2.45. The molecule has 0 aromatic carbocycles. The Kier molecular flexibility index (Phi) is 20.3. The molecule has 5 saturated heterocycles. The first kappa shape index (κ1) is 62.1. The summed E-state index contributed by atoms with van der Waals surface area (Å²) >= 11 is 0. The highest BCUT2D eigenvalue weighted by atomic mass is 16.7. The highest BCUT2D eigenvalue weighted by Gasteiger charge is 2.61. The maximum Gasteiger partial charge on any atom is 0.410 e. The van der Waals surface area contributed by atoms with Crippen molar-refractivity contribution in [3.8, 4) is 0 Å². The van der Waals surface area contributed by atoms with Crippen LogP contribution >= 0.6 is 0 Å². The smallest absolute Gasteiger partial charge is 0.410 e. The molecule has 77 heavy (non-hydrogen) atoms. The minimum Gasteiger partial charge on any atom is -0.458 e. The molecule has 5 aliphatic heterocycles. The van der Waals surface area contributed by atoms with Crippen molar-refractivity contribution in [1.82, 2.24) is 30.0 Å².